The molecule has 0 saturated heterocycles. The molecule has 1 N–H and O–H groups in total. The molecule has 0 bridgehead atoms. The van der Waals surface area contributed by atoms with Gasteiger partial charge in [-0.2, -0.15) is 0 Å². The van der Waals surface area contributed by atoms with Crippen molar-refractivity contribution in [1.82, 2.24) is 4.98 Å². The molecule has 0 unspecified atom stereocenters. The number of methoxy groups -OCH3 is 1. The van der Waals surface area contributed by atoms with Gasteiger partial charge >= 0.3 is 5.97 Å². The molecule has 3 rings (SSSR count). The van der Waals surface area contributed by atoms with Gasteiger partial charge in [-0.15, -0.1) is 11.3 Å². The first-order valence-electron chi connectivity index (χ1n) is 9.36. The van der Waals surface area contributed by atoms with E-state index in [1.54, 1.807) is 24.3 Å². The van der Waals surface area contributed by atoms with Gasteiger partial charge in [-0.1, -0.05) is 12.1 Å². The quantitative estimate of drug-likeness (QED) is 0.573. The smallest absolute Gasteiger partial charge is 0.337 e. The molecule has 150 valence electrons. The Morgan fingerprint density at radius 2 is 1.62 bits per heavy atom. The highest BCUT2D eigenvalue weighted by Crippen LogP contribution is 2.26. The Labute approximate surface area is 174 Å². The summed E-state index contributed by atoms with van der Waals surface area (Å²) in [5, 5.41) is 5.23. The highest BCUT2D eigenvalue weighted by atomic mass is 32.1. The van der Waals surface area contributed by atoms with E-state index in [-0.39, 0.29) is 11.9 Å². The maximum atomic E-state index is 12.5. The van der Waals surface area contributed by atoms with Gasteiger partial charge in [0.05, 0.1) is 18.4 Å². The lowest BCUT2D eigenvalue weighted by Crippen LogP contribution is -2.21. The Morgan fingerprint density at radius 1 is 1.00 bits per heavy atom. The third-order valence-corrected chi connectivity index (χ3v) is 5.34. The number of carbonyl (C=O) groups excluding carboxylic acids is 2. The van der Waals surface area contributed by atoms with E-state index in [9.17, 15) is 9.59 Å². The van der Waals surface area contributed by atoms with Gasteiger partial charge in [0.2, 0.25) is 0 Å². The number of ether oxygens (including phenoxy) is 1. The van der Waals surface area contributed by atoms with Crippen LogP contribution in [0.4, 0.5) is 10.8 Å². The lowest BCUT2D eigenvalue weighted by atomic mass is 10.1. The summed E-state index contributed by atoms with van der Waals surface area (Å²) in [5.41, 5.74) is 3.75. The second-order valence-corrected chi connectivity index (χ2v) is 7.14. The van der Waals surface area contributed by atoms with Crippen LogP contribution < -0.4 is 10.2 Å². The molecule has 0 spiro atoms. The highest BCUT2D eigenvalue weighted by molar-refractivity contribution is 7.14. The van der Waals surface area contributed by atoms with Gasteiger partial charge in [-0.05, 0) is 50.2 Å². The zero-order valence-corrected chi connectivity index (χ0v) is 17.5. The van der Waals surface area contributed by atoms with Crippen molar-refractivity contribution in [2.45, 2.75) is 13.8 Å². The minimum atomic E-state index is -0.380. The van der Waals surface area contributed by atoms with Crippen LogP contribution in [0.2, 0.25) is 0 Å². The van der Waals surface area contributed by atoms with E-state index in [4.69, 9.17) is 4.74 Å². The van der Waals surface area contributed by atoms with Gasteiger partial charge in [-0.25, -0.2) is 9.78 Å². The first-order chi connectivity index (χ1) is 14.0. The van der Waals surface area contributed by atoms with Gasteiger partial charge in [0.25, 0.3) is 5.91 Å². The first kappa shape index (κ1) is 20.5. The predicted octanol–water partition coefficient (Wildman–Crippen LogP) is 4.70. The van der Waals surface area contributed by atoms with Crippen molar-refractivity contribution < 1.29 is 14.3 Å². The topological polar surface area (TPSA) is 71.5 Å². The Morgan fingerprint density at radius 3 is 2.21 bits per heavy atom. The van der Waals surface area contributed by atoms with E-state index in [2.05, 4.69) is 29.0 Å². The number of carbonyl (C=O) groups is 2. The summed E-state index contributed by atoms with van der Waals surface area (Å²) in [6.45, 7) is 6.05. The summed E-state index contributed by atoms with van der Waals surface area (Å²) in [6.07, 6.45) is 0. The van der Waals surface area contributed by atoms with E-state index in [1.165, 1.54) is 18.4 Å². The molecule has 6 nitrogen and oxygen atoms in total. The van der Waals surface area contributed by atoms with Crippen LogP contribution in [-0.2, 0) is 4.74 Å². The van der Waals surface area contributed by atoms with Crippen LogP contribution in [0.5, 0.6) is 0 Å². The van der Waals surface area contributed by atoms with Crippen molar-refractivity contribution in [2.24, 2.45) is 0 Å². The minimum absolute atomic E-state index is 0.196. The Balaban J connectivity index is 1.68. The van der Waals surface area contributed by atoms with Crippen molar-refractivity contribution in [3.63, 3.8) is 0 Å². The van der Waals surface area contributed by atoms with Gasteiger partial charge in [0.15, 0.2) is 5.13 Å². The molecular formula is C22H23N3O3S. The molecule has 3 aromatic rings. The molecule has 1 heterocycles. The highest BCUT2D eigenvalue weighted by Gasteiger charge is 2.12. The number of thiazole rings is 1. The molecule has 0 atom stereocenters. The summed E-state index contributed by atoms with van der Waals surface area (Å²) >= 11 is 1.35. The van der Waals surface area contributed by atoms with Crippen LogP contribution in [0, 0.1) is 0 Å². The molecule has 0 radical (unpaired) electrons. The molecule has 1 amide bonds. The molecule has 7 heteroatoms. The van der Waals surface area contributed by atoms with Crippen LogP contribution in [0.15, 0.2) is 53.9 Å². The monoisotopic (exact) mass is 409 g/mol. The van der Waals surface area contributed by atoms with E-state index < -0.39 is 0 Å². The van der Waals surface area contributed by atoms with Crippen molar-refractivity contribution in [3.8, 4) is 11.3 Å². The third kappa shape index (κ3) is 4.81. The second-order valence-electron chi connectivity index (χ2n) is 6.28. The number of amides is 1. The zero-order valence-electron chi connectivity index (χ0n) is 16.6. The summed E-state index contributed by atoms with van der Waals surface area (Å²) in [5.74, 6) is -0.576. The Kier molecular flexibility index (Phi) is 6.61. The standard InChI is InChI=1S/C22H23N3O3S/c1-4-25(5-2)18-12-10-16(11-13-18)20(26)24-22-23-19(14-29-22)15-6-8-17(9-7-15)21(27)28-3/h6-14H,4-5H2,1-3H3,(H,23,24,26). The van der Waals surface area contributed by atoms with Gasteiger partial charge < -0.3 is 9.64 Å². The maximum Gasteiger partial charge on any atom is 0.337 e. The molecule has 0 fully saturated rings. The number of hydrogen-bond acceptors (Lipinski definition) is 6. The minimum Gasteiger partial charge on any atom is -0.465 e. The molecule has 0 aliphatic rings. The number of nitrogens with zero attached hydrogens (tertiary/aromatic N) is 2. The number of rotatable bonds is 7. The number of hydrogen-bond donors (Lipinski definition) is 1. The number of aromatic nitrogens is 1. The number of esters is 1. The molecule has 2 aromatic carbocycles. The average Bonchev–Trinajstić information content (AvgIpc) is 3.23. The fraction of sp³-hybridized carbons (Fsp3) is 0.227. The van der Waals surface area contributed by atoms with Gasteiger partial charge in [-0.3, -0.25) is 10.1 Å². The summed E-state index contributed by atoms with van der Waals surface area (Å²) in [6, 6.07) is 14.5. The Bertz CT molecular complexity index is 977. The fourth-order valence-corrected chi connectivity index (χ4v) is 3.66. The second kappa shape index (κ2) is 9.34. The largest absolute Gasteiger partial charge is 0.465 e. The van der Waals surface area contributed by atoms with Crippen LogP contribution >= 0.6 is 11.3 Å². The van der Waals surface area contributed by atoms with Crippen molar-refractivity contribution in [2.75, 3.05) is 30.4 Å². The van der Waals surface area contributed by atoms with E-state index in [0.717, 1.165) is 30.0 Å². The fourth-order valence-electron chi connectivity index (χ4n) is 2.94. The van der Waals surface area contributed by atoms with Crippen LogP contribution in [0.1, 0.15) is 34.6 Å². The van der Waals surface area contributed by atoms with Gasteiger partial charge in [0.1, 0.15) is 0 Å². The summed E-state index contributed by atoms with van der Waals surface area (Å²) in [7, 11) is 1.35. The number of nitrogens with one attached hydrogen (secondary N) is 1. The predicted molar refractivity (Wildman–Crippen MR) is 117 cm³/mol. The van der Waals surface area contributed by atoms with Crippen LogP contribution in [0.25, 0.3) is 11.3 Å². The third-order valence-electron chi connectivity index (χ3n) is 4.58. The van der Waals surface area contributed by atoms with E-state index in [1.807, 2.05) is 29.6 Å². The summed E-state index contributed by atoms with van der Waals surface area (Å²) < 4.78 is 4.70. The average molecular weight is 410 g/mol. The maximum absolute atomic E-state index is 12.5. The van der Waals surface area contributed by atoms with Crippen LogP contribution in [-0.4, -0.2) is 37.1 Å². The lowest BCUT2D eigenvalue weighted by molar-refractivity contribution is 0.0600. The Hall–Kier alpha value is -3.19. The molecule has 0 aliphatic carbocycles. The van der Waals surface area contributed by atoms with Crippen molar-refractivity contribution >= 4 is 34.0 Å². The summed E-state index contributed by atoms with van der Waals surface area (Å²) in [4.78, 5) is 30.7. The molecule has 29 heavy (non-hydrogen) atoms. The van der Waals surface area contributed by atoms with E-state index >= 15 is 0 Å². The number of anilines is 2. The number of benzene rings is 2. The molecular weight excluding hydrogens is 386 g/mol. The normalized spacial score (nSPS) is 10.4. The van der Waals surface area contributed by atoms with Gasteiger partial charge in [0, 0.05) is 35.3 Å². The van der Waals surface area contributed by atoms with E-state index in [0.29, 0.717) is 16.3 Å². The lowest BCUT2D eigenvalue weighted by Gasteiger charge is -2.20. The van der Waals surface area contributed by atoms with Crippen molar-refractivity contribution in [3.05, 3.63) is 65.0 Å². The van der Waals surface area contributed by atoms with Crippen molar-refractivity contribution in [1.29, 1.82) is 0 Å². The molecule has 1 aromatic heterocycles. The van der Waals surface area contributed by atoms with Crippen LogP contribution in [0.3, 0.4) is 0 Å². The molecule has 0 saturated carbocycles. The molecule has 0 aliphatic heterocycles. The SMILES string of the molecule is CCN(CC)c1ccc(C(=O)Nc2nc(-c3ccc(C(=O)OC)cc3)cs2)cc1. The first-order valence-corrected chi connectivity index (χ1v) is 10.2. The zero-order chi connectivity index (χ0) is 20.8.